The first kappa shape index (κ1) is 29.9. The molecule has 208 valence electrons. The summed E-state index contributed by atoms with van der Waals surface area (Å²) in [6.07, 6.45) is 1.28. The van der Waals surface area contributed by atoms with Gasteiger partial charge in [-0.25, -0.2) is 0 Å². The van der Waals surface area contributed by atoms with E-state index in [2.05, 4.69) is 10.6 Å². The summed E-state index contributed by atoms with van der Waals surface area (Å²) in [6, 6.07) is 15.0. The minimum Gasteiger partial charge on any atom is -0.326 e. The third kappa shape index (κ3) is 7.57. The van der Waals surface area contributed by atoms with Crippen molar-refractivity contribution in [2.24, 2.45) is 0 Å². The second-order valence-electron chi connectivity index (χ2n) is 9.34. The van der Waals surface area contributed by atoms with Gasteiger partial charge in [0.05, 0.1) is 9.81 Å². The van der Waals surface area contributed by atoms with Crippen LogP contribution in [0.2, 0.25) is 0 Å². The van der Waals surface area contributed by atoms with Gasteiger partial charge in [-0.15, -0.1) is 0 Å². The molecule has 0 saturated carbocycles. The highest BCUT2D eigenvalue weighted by Gasteiger charge is 2.41. The highest BCUT2D eigenvalue weighted by molar-refractivity contribution is 8.29. The maximum absolute atomic E-state index is 13.1. The van der Waals surface area contributed by atoms with E-state index in [1.807, 2.05) is 62.4 Å². The summed E-state index contributed by atoms with van der Waals surface area (Å²) in [5, 5.41) is 5.68. The summed E-state index contributed by atoms with van der Waals surface area (Å²) in [5.74, 6) is -1.01. The Morgan fingerprint density at radius 2 is 1.02 bits per heavy atom. The molecule has 2 heterocycles. The third-order valence-electron chi connectivity index (χ3n) is 6.15. The minimum atomic E-state index is -0.355. The van der Waals surface area contributed by atoms with Gasteiger partial charge in [0.15, 0.2) is 0 Å². The largest absolute Gasteiger partial charge is 0.326 e. The number of thiocarbonyl (C=S) groups is 2. The van der Waals surface area contributed by atoms with Crippen LogP contribution < -0.4 is 10.6 Å². The number of thioether (sulfide) groups is 2. The van der Waals surface area contributed by atoms with Gasteiger partial charge in [0.25, 0.3) is 11.8 Å². The molecule has 0 aliphatic carbocycles. The van der Waals surface area contributed by atoms with Crippen molar-refractivity contribution in [3.8, 4) is 0 Å². The molecule has 2 aliphatic rings. The first-order valence-electron chi connectivity index (χ1n) is 12.7. The molecule has 0 atom stereocenters. The molecule has 2 aromatic carbocycles. The fourth-order valence-corrected chi connectivity index (χ4v) is 6.74. The van der Waals surface area contributed by atoms with Crippen LogP contribution in [-0.2, 0) is 19.2 Å². The summed E-state index contributed by atoms with van der Waals surface area (Å²) in [7, 11) is 0. The average molecular weight is 613 g/mol. The standard InChI is InChI=1S/C28H28N4O4S4/c1-17-7-11-19(12-8-17)29-21(33)5-3-15-31-25(35)23(39-27(31)37)24-26(36)32(28(38)40-24)16-4-6-22(34)30-20-13-9-18(2)10-14-20/h7-14H,3-6,15-16H2,1-2H3,(H,29,33)(H,30,34)/b24-23+. The number of anilines is 2. The van der Waals surface area contributed by atoms with Gasteiger partial charge >= 0.3 is 0 Å². The molecule has 4 amide bonds. The first-order chi connectivity index (χ1) is 19.1. The lowest BCUT2D eigenvalue weighted by molar-refractivity contribution is -0.124. The summed E-state index contributed by atoms with van der Waals surface area (Å²) in [6.45, 7) is 4.48. The van der Waals surface area contributed by atoms with E-state index in [4.69, 9.17) is 24.4 Å². The Kier molecular flexibility index (Phi) is 10.1. The number of carbonyl (C=O) groups excluding carboxylic acids is 4. The number of aryl methyl sites for hydroxylation is 2. The van der Waals surface area contributed by atoms with Crippen LogP contribution in [0.5, 0.6) is 0 Å². The fourth-order valence-electron chi connectivity index (χ4n) is 3.97. The minimum absolute atomic E-state index is 0.150. The molecular formula is C28H28N4O4S4. The Balaban J connectivity index is 1.27. The van der Waals surface area contributed by atoms with Crippen LogP contribution in [0.1, 0.15) is 36.8 Å². The van der Waals surface area contributed by atoms with Crippen LogP contribution >= 0.6 is 48.0 Å². The van der Waals surface area contributed by atoms with Crippen molar-refractivity contribution < 1.29 is 19.2 Å². The number of amides is 4. The molecule has 2 N–H and O–H groups in total. The number of hydrogen-bond acceptors (Lipinski definition) is 8. The van der Waals surface area contributed by atoms with Crippen molar-refractivity contribution in [1.82, 2.24) is 9.80 Å². The van der Waals surface area contributed by atoms with Gasteiger partial charge in [-0.2, -0.15) is 0 Å². The van der Waals surface area contributed by atoms with E-state index in [-0.39, 0.29) is 59.4 Å². The predicted octanol–water partition coefficient (Wildman–Crippen LogP) is 5.37. The van der Waals surface area contributed by atoms with E-state index in [1.165, 1.54) is 9.80 Å². The number of hydrogen-bond donors (Lipinski definition) is 2. The lowest BCUT2D eigenvalue weighted by Gasteiger charge is -2.14. The maximum Gasteiger partial charge on any atom is 0.267 e. The maximum atomic E-state index is 13.1. The number of rotatable bonds is 10. The lowest BCUT2D eigenvalue weighted by atomic mass is 10.2. The Labute approximate surface area is 252 Å². The van der Waals surface area contributed by atoms with E-state index >= 15 is 0 Å². The Hall–Kier alpha value is -3.06. The summed E-state index contributed by atoms with van der Waals surface area (Å²) >= 11 is 13.0. The number of benzene rings is 2. The Morgan fingerprint density at radius 1 is 0.675 bits per heavy atom. The van der Waals surface area contributed by atoms with Crippen LogP contribution in [0.15, 0.2) is 58.3 Å². The van der Waals surface area contributed by atoms with Crippen LogP contribution in [0.4, 0.5) is 11.4 Å². The molecule has 2 saturated heterocycles. The monoisotopic (exact) mass is 612 g/mol. The van der Waals surface area contributed by atoms with Crippen molar-refractivity contribution >= 4 is 91.6 Å². The molecule has 12 heteroatoms. The SMILES string of the molecule is Cc1ccc(NC(=O)CCCN2C(=O)/C(=C3\SC(=S)N(CCCC(=O)Nc4ccc(C)cc4)C3=O)SC2=S)cc1. The molecular weight excluding hydrogens is 585 g/mol. The van der Waals surface area contributed by atoms with Crippen LogP contribution in [0.25, 0.3) is 0 Å². The quantitative estimate of drug-likeness (QED) is 0.273. The normalized spacial score (nSPS) is 17.1. The first-order valence-corrected chi connectivity index (χ1v) is 15.1. The van der Waals surface area contributed by atoms with Gasteiger partial charge in [-0.3, -0.25) is 29.0 Å². The molecule has 0 aromatic heterocycles. The van der Waals surface area contributed by atoms with E-state index in [0.717, 1.165) is 46.0 Å². The van der Waals surface area contributed by atoms with Gasteiger partial charge in [-0.05, 0) is 51.0 Å². The van der Waals surface area contributed by atoms with Crippen molar-refractivity contribution in [2.45, 2.75) is 39.5 Å². The summed E-state index contributed by atoms with van der Waals surface area (Å²) in [5.41, 5.74) is 3.64. The number of nitrogens with one attached hydrogen (secondary N) is 2. The smallest absolute Gasteiger partial charge is 0.267 e. The molecule has 0 radical (unpaired) electrons. The zero-order valence-corrected chi connectivity index (χ0v) is 25.3. The van der Waals surface area contributed by atoms with Crippen molar-refractivity contribution in [3.05, 3.63) is 69.5 Å². The van der Waals surface area contributed by atoms with Crippen LogP contribution in [-0.4, -0.2) is 55.2 Å². The molecule has 4 rings (SSSR count). The molecule has 2 aliphatic heterocycles. The van der Waals surface area contributed by atoms with Gasteiger partial charge in [-0.1, -0.05) is 83.4 Å². The lowest BCUT2D eigenvalue weighted by Crippen LogP contribution is -2.31. The van der Waals surface area contributed by atoms with Crippen LogP contribution in [0.3, 0.4) is 0 Å². The molecule has 2 fully saturated rings. The second kappa shape index (κ2) is 13.5. The van der Waals surface area contributed by atoms with Gasteiger partial charge < -0.3 is 10.6 Å². The molecule has 0 unspecified atom stereocenters. The summed E-state index contributed by atoms with van der Waals surface area (Å²) < 4.78 is 0.689. The molecule has 0 bridgehead atoms. The van der Waals surface area contributed by atoms with E-state index in [1.54, 1.807) is 0 Å². The number of nitrogens with zero attached hydrogens (tertiary/aromatic N) is 2. The second-order valence-corrected chi connectivity index (χ2v) is 12.6. The van der Waals surface area contributed by atoms with Crippen molar-refractivity contribution in [1.29, 1.82) is 0 Å². The number of carbonyl (C=O) groups is 4. The average Bonchev–Trinajstić information content (AvgIpc) is 3.35. The highest BCUT2D eigenvalue weighted by Crippen LogP contribution is 2.42. The predicted molar refractivity (Wildman–Crippen MR) is 169 cm³/mol. The van der Waals surface area contributed by atoms with Gasteiger partial charge in [0, 0.05) is 37.3 Å². The molecule has 40 heavy (non-hydrogen) atoms. The van der Waals surface area contributed by atoms with Gasteiger partial charge in [0.2, 0.25) is 11.8 Å². The van der Waals surface area contributed by atoms with E-state index in [0.29, 0.717) is 21.5 Å². The van der Waals surface area contributed by atoms with E-state index < -0.39 is 0 Å². The topological polar surface area (TPSA) is 98.8 Å². The Bertz CT molecular complexity index is 1280. The fraction of sp³-hybridized carbons (Fsp3) is 0.286. The zero-order valence-electron chi connectivity index (χ0n) is 22.0. The third-order valence-corrected chi connectivity index (χ3v) is 9.17. The van der Waals surface area contributed by atoms with Crippen molar-refractivity contribution in [3.63, 3.8) is 0 Å². The van der Waals surface area contributed by atoms with Gasteiger partial charge in [0.1, 0.15) is 8.64 Å². The van der Waals surface area contributed by atoms with E-state index in [9.17, 15) is 19.2 Å². The van der Waals surface area contributed by atoms with Crippen molar-refractivity contribution in [2.75, 3.05) is 23.7 Å². The summed E-state index contributed by atoms with van der Waals surface area (Å²) in [4.78, 5) is 54.2. The van der Waals surface area contributed by atoms with Crippen LogP contribution in [0, 0.1) is 13.8 Å². The Morgan fingerprint density at radius 3 is 1.38 bits per heavy atom. The zero-order chi connectivity index (χ0) is 28.8. The molecule has 2 aromatic rings. The highest BCUT2D eigenvalue weighted by atomic mass is 32.2. The molecule has 0 spiro atoms. The molecule has 8 nitrogen and oxygen atoms in total.